The highest BCUT2D eigenvalue weighted by Gasteiger charge is 2.16. The van der Waals surface area contributed by atoms with Crippen LogP contribution in [0.15, 0.2) is 88.6 Å². The van der Waals surface area contributed by atoms with E-state index in [1.807, 2.05) is 60.7 Å². The molecular formula is C24H19N3O4. The van der Waals surface area contributed by atoms with Crippen molar-refractivity contribution in [1.29, 1.82) is 0 Å². The summed E-state index contributed by atoms with van der Waals surface area (Å²) in [7, 11) is 1.27. The van der Waals surface area contributed by atoms with Crippen molar-refractivity contribution in [3.63, 3.8) is 0 Å². The molecule has 154 valence electrons. The molecule has 0 spiro atoms. The number of nitrogens with zero attached hydrogens (tertiary/aromatic N) is 2. The van der Waals surface area contributed by atoms with Gasteiger partial charge in [-0.15, -0.1) is 0 Å². The van der Waals surface area contributed by atoms with E-state index in [-0.39, 0.29) is 22.6 Å². The first kappa shape index (κ1) is 19.9. The standard InChI is InChI=1S/C24H19N3O4/c1-31-24(30)17-12-13-21(28)20(14-17)25-15-19-22(16-8-4-2-5-9-16)26-27(23(19)29)18-10-6-3-7-11-18/h2-15,26,28H,1H3. The largest absolute Gasteiger partial charge is 0.506 e. The number of benzene rings is 3. The lowest BCUT2D eigenvalue weighted by atomic mass is 10.1. The fourth-order valence-corrected chi connectivity index (χ4v) is 3.16. The molecule has 0 aliphatic rings. The maximum absolute atomic E-state index is 13.2. The number of aromatic hydroxyl groups is 1. The third-order valence-corrected chi connectivity index (χ3v) is 4.73. The predicted octanol–water partition coefficient (Wildman–Crippen LogP) is 4.08. The zero-order valence-corrected chi connectivity index (χ0v) is 16.6. The zero-order chi connectivity index (χ0) is 21.8. The second kappa shape index (κ2) is 8.54. The Labute approximate surface area is 177 Å². The summed E-state index contributed by atoms with van der Waals surface area (Å²) in [5.41, 5.74) is 2.49. The first-order valence-corrected chi connectivity index (χ1v) is 9.49. The van der Waals surface area contributed by atoms with Gasteiger partial charge in [0.05, 0.1) is 29.6 Å². The van der Waals surface area contributed by atoms with Gasteiger partial charge < -0.3 is 9.84 Å². The minimum absolute atomic E-state index is 0.121. The normalized spacial score (nSPS) is 11.0. The molecule has 3 aromatic carbocycles. The van der Waals surface area contributed by atoms with Crippen LogP contribution in [-0.4, -0.2) is 34.2 Å². The summed E-state index contributed by atoms with van der Waals surface area (Å²) in [5.74, 6) is -0.668. The van der Waals surface area contributed by atoms with Crippen LogP contribution in [0.1, 0.15) is 15.9 Å². The summed E-state index contributed by atoms with van der Waals surface area (Å²) in [6.07, 6.45) is 1.39. The monoisotopic (exact) mass is 413 g/mol. The molecule has 0 saturated heterocycles. The van der Waals surface area contributed by atoms with Crippen LogP contribution in [0.5, 0.6) is 5.75 Å². The molecule has 4 rings (SSSR count). The number of methoxy groups -OCH3 is 1. The van der Waals surface area contributed by atoms with Gasteiger partial charge in [0.2, 0.25) is 0 Å². The Bertz CT molecular complexity index is 1310. The Morgan fingerprint density at radius 3 is 2.39 bits per heavy atom. The Morgan fingerprint density at radius 1 is 1.03 bits per heavy atom. The van der Waals surface area contributed by atoms with Gasteiger partial charge in [0, 0.05) is 11.8 Å². The van der Waals surface area contributed by atoms with Gasteiger partial charge in [-0.2, -0.15) is 0 Å². The van der Waals surface area contributed by atoms with Crippen LogP contribution in [0.3, 0.4) is 0 Å². The Hall–Kier alpha value is -4.39. The molecule has 0 saturated carbocycles. The molecule has 2 N–H and O–H groups in total. The van der Waals surface area contributed by atoms with Crippen molar-refractivity contribution in [2.75, 3.05) is 7.11 Å². The molecule has 0 aliphatic carbocycles. The highest BCUT2D eigenvalue weighted by molar-refractivity contribution is 5.93. The van der Waals surface area contributed by atoms with Gasteiger partial charge >= 0.3 is 5.97 Å². The summed E-state index contributed by atoms with van der Waals surface area (Å²) < 4.78 is 6.15. The van der Waals surface area contributed by atoms with Gasteiger partial charge in [-0.1, -0.05) is 48.5 Å². The number of phenols is 1. The van der Waals surface area contributed by atoms with Gasteiger partial charge in [-0.3, -0.25) is 14.9 Å². The summed E-state index contributed by atoms with van der Waals surface area (Å²) in [6.45, 7) is 0. The van der Waals surface area contributed by atoms with E-state index in [9.17, 15) is 14.7 Å². The van der Waals surface area contributed by atoms with E-state index in [4.69, 9.17) is 4.74 Å². The first-order chi connectivity index (χ1) is 15.1. The third kappa shape index (κ3) is 4.02. The van der Waals surface area contributed by atoms with E-state index < -0.39 is 5.97 Å². The molecule has 7 heteroatoms. The quantitative estimate of drug-likeness (QED) is 0.381. The van der Waals surface area contributed by atoms with E-state index in [0.717, 1.165) is 5.56 Å². The molecule has 7 nitrogen and oxygen atoms in total. The number of para-hydroxylation sites is 1. The Morgan fingerprint density at radius 2 is 1.71 bits per heavy atom. The molecule has 0 bridgehead atoms. The first-order valence-electron chi connectivity index (χ1n) is 9.49. The van der Waals surface area contributed by atoms with Crippen LogP contribution in [0.25, 0.3) is 16.9 Å². The summed E-state index contributed by atoms with van der Waals surface area (Å²) >= 11 is 0. The Balaban J connectivity index is 1.84. The fourth-order valence-electron chi connectivity index (χ4n) is 3.16. The van der Waals surface area contributed by atoms with Crippen molar-refractivity contribution in [3.05, 3.63) is 100 Å². The highest BCUT2D eigenvalue weighted by atomic mass is 16.5. The van der Waals surface area contributed by atoms with E-state index in [1.165, 1.54) is 36.2 Å². The third-order valence-electron chi connectivity index (χ3n) is 4.73. The van der Waals surface area contributed by atoms with Crippen molar-refractivity contribution < 1.29 is 14.6 Å². The lowest BCUT2D eigenvalue weighted by molar-refractivity contribution is 0.0601. The number of H-pyrrole nitrogens is 1. The maximum atomic E-state index is 13.2. The van der Waals surface area contributed by atoms with Gasteiger partial charge in [0.25, 0.3) is 5.56 Å². The molecular weight excluding hydrogens is 394 g/mol. The molecule has 0 amide bonds. The lowest BCUT2D eigenvalue weighted by Crippen LogP contribution is -2.17. The average molecular weight is 413 g/mol. The van der Waals surface area contributed by atoms with E-state index >= 15 is 0 Å². The van der Waals surface area contributed by atoms with Crippen molar-refractivity contribution in [1.82, 2.24) is 9.78 Å². The van der Waals surface area contributed by atoms with Crippen LogP contribution in [0, 0.1) is 0 Å². The number of aromatic amines is 1. The number of aromatic nitrogens is 2. The number of rotatable bonds is 5. The van der Waals surface area contributed by atoms with Crippen molar-refractivity contribution in [3.8, 4) is 22.7 Å². The number of aliphatic imine (C=N–C) groups is 1. The van der Waals surface area contributed by atoms with Crippen LogP contribution in [0.4, 0.5) is 5.69 Å². The molecule has 4 aromatic rings. The SMILES string of the molecule is COC(=O)c1ccc(O)c(N=Cc2c(-c3ccccc3)[nH]n(-c3ccccc3)c2=O)c1. The summed E-state index contributed by atoms with van der Waals surface area (Å²) in [5, 5.41) is 13.3. The molecule has 0 fully saturated rings. The maximum Gasteiger partial charge on any atom is 0.337 e. The summed E-state index contributed by atoms with van der Waals surface area (Å²) in [4.78, 5) is 29.3. The van der Waals surface area contributed by atoms with Crippen molar-refractivity contribution in [2.45, 2.75) is 0 Å². The second-order valence-corrected chi connectivity index (χ2v) is 6.70. The van der Waals surface area contributed by atoms with E-state index in [0.29, 0.717) is 16.9 Å². The van der Waals surface area contributed by atoms with Gasteiger partial charge in [-0.05, 0) is 30.3 Å². The minimum atomic E-state index is -0.547. The lowest BCUT2D eigenvalue weighted by Gasteiger charge is -2.03. The number of phenolic OH excluding ortho intramolecular Hbond substituents is 1. The van der Waals surface area contributed by atoms with E-state index in [2.05, 4.69) is 10.1 Å². The smallest absolute Gasteiger partial charge is 0.337 e. The number of esters is 1. The average Bonchev–Trinajstić information content (AvgIpc) is 3.15. The summed E-state index contributed by atoms with van der Waals surface area (Å²) in [6, 6.07) is 22.8. The van der Waals surface area contributed by atoms with Crippen LogP contribution < -0.4 is 5.56 Å². The van der Waals surface area contributed by atoms with Crippen LogP contribution >= 0.6 is 0 Å². The molecule has 0 atom stereocenters. The van der Waals surface area contributed by atoms with Crippen LogP contribution in [-0.2, 0) is 4.74 Å². The van der Waals surface area contributed by atoms with Gasteiger partial charge in [0.1, 0.15) is 11.4 Å². The second-order valence-electron chi connectivity index (χ2n) is 6.70. The fraction of sp³-hybridized carbons (Fsp3) is 0.0417. The molecule has 0 aliphatic heterocycles. The topological polar surface area (TPSA) is 96.7 Å². The van der Waals surface area contributed by atoms with Crippen LogP contribution in [0.2, 0.25) is 0 Å². The van der Waals surface area contributed by atoms with Crippen molar-refractivity contribution in [2.24, 2.45) is 4.99 Å². The number of hydrogen-bond donors (Lipinski definition) is 2. The number of carbonyl (C=O) groups excluding carboxylic acids is 1. The molecule has 0 radical (unpaired) electrons. The minimum Gasteiger partial charge on any atom is -0.506 e. The Kier molecular flexibility index (Phi) is 5.49. The number of carbonyl (C=O) groups is 1. The zero-order valence-electron chi connectivity index (χ0n) is 16.6. The van der Waals surface area contributed by atoms with E-state index in [1.54, 1.807) is 0 Å². The number of nitrogens with one attached hydrogen (secondary N) is 1. The molecule has 31 heavy (non-hydrogen) atoms. The predicted molar refractivity (Wildman–Crippen MR) is 119 cm³/mol. The molecule has 0 unspecified atom stereocenters. The number of ether oxygens (including phenoxy) is 1. The number of hydrogen-bond acceptors (Lipinski definition) is 5. The highest BCUT2D eigenvalue weighted by Crippen LogP contribution is 2.28. The van der Waals surface area contributed by atoms with Crippen molar-refractivity contribution >= 4 is 17.9 Å². The van der Waals surface area contributed by atoms with Gasteiger partial charge in [0.15, 0.2) is 0 Å². The molecule has 1 aromatic heterocycles. The van der Waals surface area contributed by atoms with Gasteiger partial charge in [-0.25, -0.2) is 9.48 Å². The molecule has 1 heterocycles.